The van der Waals surface area contributed by atoms with Crippen LogP contribution in [0, 0.1) is 30.4 Å². The minimum atomic E-state index is -0.909. The molecule has 1 atom stereocenters. The molecule has 1 aliphatic carbocycles. The number of nitrogens with zero attached hydrogens (tertiary/aromatic N) is 3. The predicted molar refractivity (Wildman–Crippen MR) is 161 cm³/mol. The van der Waals surface area contributed by atoms with Crippen molar-refractivity contribution < 1.29 is 0 Å². The van der Waals surface area contributed by atoms with Gasteiger partial charge < -0.3 is 0 Å². The molecule has 1 heterocycles. The van der Waals surface area contributed by atoms with Crippen molar-refractivity contribution >= 4 is 35.7 Å². The van der Waals surface area contributed by atoms with E-state index < -0.39 is 7.92 Å². The molecule has 3 nitrogen and oxygen atoms in total. The molecule has 0 N–H and O–H groups in total. The van der Waals surface area contributed by atoms with Crippen LogP contribution in [0.15, 0.2) is 126 Å². The van der Waals surface area contributed by atoms with Crippen LogP contribution in [0.3, 0.4) is 0 Å². The molecule has 5 radical (unpaired) electrons. The number of thioether (sulfide) groups is 1. The first-order chi connectivity index (χ1) is 18.8. The van der Waals surface area contributed by atoms with E-state index in [4.69, 9.17) is 10.3 Å². The van der Waals surface area contributed by atoms with Crippen LogP contribution in [-0.4, -0.2) is 15.0 Å². The molecule has 0 aliphatic heterocycles. The van der Waals surface area contributed by atoms with Crippen LogP contribution in [0.5, 0.6) is 0 Å². The van der Waals surface area contributed by atoms with Crippen LogP contribution in [0.25, 0.3) is 11.3 Å². The molecule has 6 rings (SSSR count). The maximum atomic E-state index is 4.84. The lowest BCUT2D eigenvalue weighted by Gasteiger charge is -2.28. The zero-order valence-corrected chi connectivity index (χ0v) is 22.8. The average molecular weight is 529 g/mol. The summed E-state index contributed by atoms with van der Waals surface area (Å²) in [6.45, 7) is 2.24. The van der Waals surface area contributed by atoms with E-state index in [1.807, 2.05) is 6.07 Å². The molecule has 4 aromatic carbocycles. The highest BCUT2D eigenvalue weighted by Crippen LogP contribution is 2.50. The van der Waals surface area contributed by atoms with Crippen LogP contribution in [0.1, 0.15) is 13.0 Å². The SMILES string of the molecule is C[C@@H]([C]1[CH][CH][CH][C]1Sc1ccccc1)n1nnc(-c2ccccc2)c1P(c1ccccc1)c1ccccc1. The van der Waals surface area contributed by atoms with Gasteiger partial charge >= 0.3 is 0 Å². The van der Waals surface area contributed by atoms with E-state index in [9.17, 15) is 0 Å². The molecule has 185 valence electrons. The van der Waals surface area contributed by atoms with E-state index in [1.54, 1.807) is 11.8 Å². The standard InChI is InChI=1S/C33H27N3PS/c1-25(30-23-14-24-31(30)38-29-21-12-5-13-22-29)36-33(32(34-35-36)26-15-6-2-7-16-26)37(27-17-8-3-9-18-27)28-19-10-4-11-20-28/h2-25H,1H3/t25-/m0/s1. The van der Waals surface area contributed by atoms with Gasteiger partial charge in [0.1, 0.15) is 5.69 Å². The second kappa shape index (κ2) is 11.7. The topological polar surface area (TPSA) is 30.7 Å². The first-order valence-electron chi connectivity index (χ1n) is 12.7. The van der Waals surface area contributed by atoms with Gasteiger partial charge in [-0.15, -0.1) is 16.9 Å². The van der Waals surface area contributed by atoms with Crippen molar-refractivity contribution in [3.8, 4) is 11.3 Å². The molecule has 0 spiro atoms. The summed E-state index contributed by atoms with van der Waals surface area (Å²) in [7, 11) is -0.909. The first kappa shape index (κ1) is 25.1. The van der Waals surface area contributed by atoms with Crippen molar-refractivity contribution in [2.75, 3.05) is 0 Å². The molecule has 0 unspecified atom stereocenters. The van der Waals surface area contributed by atoms with Crippen LogP contribution in [0.2, 0.25) is 0 Å². The van der Waals surface area contributed by atoms with Crippen molar-refractivity contribution in [2.45, 2.75) is 17.9 Å². The fourth-order valence-electron chi connectivity index (χ4n) is 4.69. The number of rotatable bonds is 8. The molecule has 0 bridgehead atoms. The summed E-state index contributed by atoms with van der Waals surface area (Å²) in [4.78, 5) is 1.23. The monoisotopic (exact) mass is 528 g/mol. The van der Waals surface area contributed by atoms with Crippen LogP contribution in [0.4, 0.5) is 0 Å². The van der Waals surface area contributed by atoms with Gasteiger partial charge in [0.2, 0.25) is 0 Å². The molecule has 0 amide bonds. The Labute approximate surface area is 231 Å². The van der Waals surface area contributed by atoms with Gasteiger partial charge in [-0.1, -0.05) is 114 Å². The van der Waals surface area contributed by atoms with Gasteiger partial charge in [-0.25, -0.2) is 4.68 Å². The van der Waals surface area contributed by atoms with Crippen LogP contribution >= 0.6 is 19.7 Å². The number of hydrogen-bond acceptors (Lipinski definition) is 3. The Morgan fingerprint density at radius 2 is 1.24 bits per heavy atom. The van der Waals surface area contributed by atoms with E-state index >= 15 is 0 Å². The molecule has 0 saturated heterocycles. The molecular formula is C33H27N3PS. The highest BCUT2D eigenvalue weighted by atomic mass is 32.2. The number of benzene rings is 4. The van der Waals surface area contributed by atoms with E-state index in [0.29, 0.717) is 0 Å². The maximum absolute atomic E-state index is 4.84. The van der Waals surface area contributed by atoms with Gasteiger partial charge in [0.05, 0.1) is 11.5 Å². The lowest BCUT2D eigenvalue weighted by Crippen LogP contribution is -2.32. The second-order valence-electron chi connectivity index (χ2n) is 9.02. The normalized spacial score (nSPS) is 15.2. The average Bonchev–Trinajstić information content (AvgIpc) is 3.63. The summed E-state index contributed by atoms with van der Waals surface area (Å²) in [5.74, 6) is 1.25. The summed E-state index contributed by atoms with van der Waals surface area (Å²) in [6.07, 6.45) is 6.56. The molecule has 1 aliphatic rings. The quantitative estimate of drug-likeness (QED) is 0.208. The lowest BCUT2D eigenvalue weighted by molar-refractivity contribution is 0.517. The third-order valence-corrected chi connectivity index (χ3v) is 10.1. The third kappa shape index (κ3) is 5.21. The predicted octanol–water partition coefficient (Wildman–Crippen LogP) is 6.79. The van der Waals surface area contributed by atoms with Crippen molar-refractivity contribution in [1.82, 2.24) is 15.0 Å². The van der Waals surface area contributed by atoms with Crippen molar-refractivity contribution in [1.29, 1.82) is 0 Å². The highest BCUT2D eigenvalue weighted by molar-refractivity contribution is 8.02. The molecule has 5 heteroatoms. The minimum Gasteiger partial charge on any atom is -0.240 e. The summed E-state index contributed by atoms with van der Waals surface area (Å²) in [5.41, 5.74) is 3.19. The summed E-state index contributed by atoms with van der Waals surface area (Å²) < 4.78 is 2.17. The maximum Gasteiger partial charge on any atom is 0.121 e. The third-order valence-electron chi connectivity index (χ3n) is 6.55. The Balaban J connectivity index is 1.47. The molecule has 1 fully saturated rings. The summed E-state index contributed by atoms with van der Waals surface area (Å²) in [6, 6.07) is 42.6. The van der Waals surface area contributed by atoms with Gasteiger partial charge in [-0.3, -0.25) is 0 Å². The Hall–Kier alpha value is -3.20. The van der Waals surface area contributed by atoms with Crippen LogP contribution in [-0.2, 0) is 0 Å². The number of aromatic nitrogens is 3. The first-order valence-corrected chi connectivity index (χ1v) is 14.8. The van der Waals surface area contributed by atoms with E-state index in [-0.39, 0.29) is 6.04 Å². The summed E-state index contributed by atoms with van der Waals surface area (Å²) >= 11 is 1.80. The fraction of sp³-hybridized carbons (Fsp3) is 0.0606. The zero-order valence-electron chi connectivity index (χ0n) is 21.1. The van der Waals surface area contributed by atoms with E-state index in [0.717, 1.165) is 16.7 Å². The molecule has 1 saturated carbocycles. The van der Waals surface area contributed by atoms with Crippen molar-refractivity contribution in [3.63, 3.8) is 0 Å². The Kier molecular flexibility index (Phi) is 7.71. The van der Waals surface area contributed by atoms with Gasteiger partial charge in [0.25, 0.3) is 0 Å². The van der Waals surface area contributed by atoms with E-state index in [1.165, 1.54) is 26.7 Å². The Morgan fingerprint density at radius 3 is 1.84 bits per heavy atom. The summed E-state index contributed by atoms with van der Waals surface area (Å²) in [5, 5.41) is 13.5. The molecule has 5 aromatic rings. The van der Waals surface area contributed by atoms with Gasteiger partial charge in [0.15, 0.2) is 0 Å². The van der Waals surface area contributed by atoms with Gasteiger partial charge in [-0.05, 0) is 48.9 Å². The Bertz CT molecular complexity index is 1400. The molecule has 1 aromatic heterocycles. The molecular weight excluding hydrogens is 501 g/mol. The fourth-order valence-corrected chi connectivity index (χ4v) is 8.27. The Morgan fingerprint density at radius 1 is 0.684 bits per heavy atom. The molecule has 38 heavy (non-hydrogen) atoms. The highest BCUT2D eigenvalue weighted by Gasteiger charge is 2.38. The van der Waals surface area contributed by atoms with Crippen molar-refractivity contribution in [2.24, 2.45) is 0 Å². The van der Waals surface area contributed by atoms with Gasteiger partial charge in [-0.2, -0.15) is 0 Å². The van der Waals surface area contributed by atoms with Crippen LogP contribution < -0.4 is 16.0 Å². The van der Waals surface area contributed by atoms with E-state index in [2.05, 4.69) is 146 Å². The largest absolute Gasteiger partial charge is 0.240 e. The van der Waals surface area contributed by atoms with Gasteiger partial charge in [0, 0.05) is 29.5 Å². The minimum absolute atomic E-state index is 0.00796. The number of hydrogen-bond donors (Lipinski definition) is 0. The smallest absolute Gasteiger partial charge is 0.121 e. The second-order valence-corrected chi connectivity index (χ2v) is 12.3. The lowest BCUT2D eigenvalue weighted by atomic mass is 9.99. The zero-order chi connectivity index (χ0) is 25.7. The van der Waals surface area contributed by atoms with Crippen molar-refractivity contribution in [3.05, 3.63) is 152 Å².